The van der Waals surface area contributed by atoms with Crippen LogP contribution in [0.1, 0.15) is 19.4 Å². The molecule has 2 aromatic rings. The Kier molecular flexibility index (Phi) is 5.02. The molecule has 2 N–H and O–H groups in total. The number of nitrogens with one attached hydrogen (secondary N) is 2. The molecule has 0 atom stereocenters. The lowest BCUT2D eigenvalue weighted by Crippen LogP contribution is -2.47. The van der Waals surface area contributed by atoms with Gasteiger partial charge in [-0.15, -0.1) is 0 Å². The van der Waals surface area contributed by atoms with Gasteiger partial charge in [-0.05, 0) is 44.0 Å². The predicted molar refractivity (Wildman–Crippen MR) is 90.5 cm³/mol. The van der Waals surface area contributed by atoms with Crippen LogP contribution in [0.4, 0.5) is 10.5 Å². The molecule has 0 bridgehead atoms. The van der Waals surface area contributed by atoms with Gasteiger partial charge in [0.15, 0.2) is 0 Å². The van der Waals surface area contributed by atoms with E-state index in [4.69, 9.17) is 0 Å². The zero-order valence-corrected chi connectivity index (χ0v) is 13.8. The molecule has 0 saturated heterocycles. The third-order valence-electron chi connectivity index (χ3n) is 3.02. The molecule has 0 aromatic heterocycles. The van der Waals surface area contributed by atoms with Crippen molar-refractivity contribution in [3.63, 3.8) is 0 Å². The number of hydrogen-bond donors (Lipinski definition) is 2. The molecule has 3 nitrogen and oxygen atoms in total. The molecule has 0 fully saturated rings. The Labute approximate surface area is 133 Å². The highest BCUT2D eigenvalue weighted by atomic mass is 79.9. The highest BCUT2D eigenvalue weighted by molar-refractivity contribution is 9.10. The first-order chi connectivity index (χ1) is 9.94. The van der Waals surface area contributed by atoms with Crippen LogP contribution in [0, 0.1) is 0 Å². The number of carbonyl (C=O) groups is 1. The van der Waals surface area contributed by atoms with E-state index in [1.165, 1.54) is 5.56 Å². The molecule has 2 aromatic carbocycles. The molecule has 0 saturated carbocycles. The Morgan fingerprint density at radius 2 is 1.81 bits per heavy atom. The van der Waals surface area contributed by atoms with E-state index in [1.807, 2.05) is 56.3 Å². The number of carbonyl (C=O) groups excluding carboxylic acids is 1. The first kappa shape index (κ1) is 15.6. The summed E-state index contributed by atoms with van der Waals surface area (Å²) in [6.07, 6.45) is 0.778. The van der Waals surface area contributed by atoms with Crippen molar-refractivity contribution in [2.75, 3.05) is 5.32 Å². The number of halogens is 1. The largest absolute Gasteiger partial charge is 0.333 e. The lowest BCUT2D eigenvalue weighted by molar-refractivity contribution is 0.241. The van der Waals surface area contributed by atoms with Gasteiger partial charge in [-0.3, -0.25) is 0 Å². The van der Waals surface area contributed by atoms with Gasteiger partial charge in [0.25, 0.3) is 0 Å². The average Bonchev–Trinajstić information content (AvgIpc) is 2.38. The number of anilines is 1. The minimum Gasteiger partial charge on any atom is -0.333 e. The van der Waals surface area contributed by atoms with Crippen LogP contribution in [0.15, 0.2) is 59.1 Å². The quantitative estimate of drug-likeness (QED) is 0.834. The predicted octanol–water partition coefficient (Wildman–Crippen LogP) is 4.59. The Bertz CT molecular complexity index is 611. The molecule has 110 valence electrons. The van der Waals surface area contributed by atoms with Gasteiger partial charge in [0, 0.05) is 15.7 Å². The molecule has 0 radical (unpaired) electrons. The lowest BCUT2D eigenvalue weighted by Gasteiger charge is -2.26. The highest BCUT2D eigenvalue weighted by Gasteiger charge is 2.20. The van der Waals surface area contributed by atoms with Gasteiger partial charge in [-0.25, -0.2) is 4.79 Å². The van der Waals surface area contributed by atoms with Gasteiger partial charge in [0.2, 0.25) is 0 Å². The third-order valence-corrected chi connectivity index (χ3v) is 3.52. The summed E-state index contributed by atoms with van der Waals surface area (Å²) in [5, 5.41) is 5.85. The molecule has 0 heterocycles. The van der Waals surface area contributed by atoms with E-state index in [9.17, 15) is 4.79 Å². The van der Waals surface area contributed by atoms with E-state index < -0.39 is 0 Å². The summed E-state index contributed by atoms with van der Waals surface area (Å²) in [5.41, 5.74) is 1.64. The van der Waals surface area contributed by atoms with Crippen molar-refractivity contribution in [2.45, 2.75) is 25.8 Å². The second-order valence-electron chi connectivity index (χ2n) is 5.64. The fourth-order valence-electron chi connectivity index (χ4n) is 2.19. The Morgan fingerprint density at radius 3 is 2.48 bits per heavy atom. The van der Waals surface area contributed by atoms with Gasteiger partial charge >= 0.3 is 6.03 Å². The van der Waals surface area contributed by atoms with E-state index in [-0.39, 0.29) is 11.6 Å². The number of benzene rings is 2. The van der Waals surface area contributed by atoms with Crippen LogP contribution in [0.2, 0.25) is 0 Å². The summed E-state index contributed by atoms with van der Waals surface area (Å²) in [5.74, 6) is 0. The summed E-state index contributed by atoms with van der Waals surface area (Å²) in [6, 6.07) is 17.5. The van der Waals surface area contributed by atoms with Crippen molar-refractivity contribution in [1.29, 1.82) is 0 Å². The van der Waals surface area contributed by atoms with E-state index in [0.717, 1.165) is 16.6 Å². The van der Waals surface area contributed by atoms with Gasteiger partial charge in [0.05, 0.1) is 0 Å². The highest BCUT2D eigenvalue weighted by Crippen LogP contribution is 2.16. The minimum atomic E-state index is -0.322. The van der Waals surface area contributed by atoms with Crippen molar-refractivity contribution in [2.24, 2.45) is 0 Å². The molecule has 4 heteroatoms. The first-order valence-corrected chi connectivity index (χ1v) is 7.63. The summed E-state index contributed by atoms with van der Waals surface area (Å²) in [4.78, 5) is 12.1. The van der Waals surface area contributed by atoms with Crippen molar-refractivity contribution < 1.29 is 4.79 Å². The van der Waals surface area contributed by atoms with Crippen LogP contribution in [0.3, 0.4) is 0 Å². The molecule has 0 aliphatic carbocycles. The van der Waals surface area contributed by atoms with Crippen molar-refractivity contribution >= 4 is 27.6 Å². The Morgan fingerprint density at radius 1 is 1.10 bits per heavy atom. The lowest BCUT2D eigenvalue weighted by atomic mass is 9.95. The van der Waals surface area contributed by atoms with E-state index in [1.54, 1.807) is 0 Å². The molecule has 0 aliphatic rings. The molecule has 2 amide bonds. The van der Waals surface area contributed by atoms with E-state index in [0.29, 0.717) is 0 Å². The first-order valence-electron chi connectivity index (χ1n) is 6.83. The maximum absolute atomic E-state index is 12.1. The Balaban J connectivity index is 1.95. The maximum atomic E-state index is 12.1. The van der Waals surface area contributed by atoms with Crippen LogP contribution in [0.25, 0.3) is 0 Å². The molecule has 2 rings (SSSR count). The molecular weight excluding hydrogens is 328 g/mol. The van der Waals surface area contributed by atoms with Crippen LogP contribution < -0.4 is 10.6 Å². The van der Waals surface area contributed by atoms with Crippen molar-refractivity contribution in [3.8, 4) is 0 Å². The molecule has 0 spiro atoms. The summed E-state index contributed by atoms with van der Waals surface area (Å²) in [7, 11) is 0. The van der Waals surface area contributed by atoms with Crippen LogP contribution >= 0.6 is 15.9 Å². The smallest absolute Gasteiger partial charge is 0.319 e. The van der Waals surface area contributed by atoms with Gasteiger partial charge in [-0.1, -0.05) is 52.3 Å². The normalized spacial score (nSPS) is 11.0. The fraction of sp³-hybridized carbons (Fsp3) is 0.235. The number of urea groups is 1. The Hall–Kier alpha value is -1.81. The van der Waals surface area contributed by atoms with Gasteiger partial charge in [-0.2, -0.15) is 0 Å². The number of hydrogen-bond acceptors (Lipinski definition) is 1. The fourth-order valence-corrected chi connectivity index (χ4v) is 2.59. The van der Waals surface area contributed by atoms with Gasteiger partial charge in [0.1, 0.15) is 0 Å². The van der Waals surface area contributed by atoms with Crippen LogP contribution in [-0.4, -0.2) is 11.6 Å². The zero-order valence-electron chi connectivity index (χ0n) is 12.2. The third kappa shape index (κ3) is 5.23. The minimum absolute atomic E-state index is 0.200. The summed E-state index contributed by atoms with van der Waals surface area (Å²) < 4.78 is 0.934. The zero-order chi connectivity index (χ0) is 15.3. The van der Waals surface area contributed by atoms with Crippen molar-refractivity contribution in [1.82, 2.24) is 5.32 Å². The van der Waals surface area contributed by atoms with Crippen molar-refractivity contribution in [3.05, 3.63) is 64.6 Å². The molecular formula is C17H19BrN2O. The second-order valence-corrected chi connectivity index (χ2v) is 6.55. The topological polar surface area (TPSA) is 41.1 Å². The molecule has 0 aliphatic heterocycles. The average molecular weight is 347 g/mol. The van der Waals surface area contributed by atoms with Gasteiger partial charge < -0.3 is 10.6 Å². The molecule has 21 heavy (non-hydrogen) atoms. The number of amides is 2. The summed E-state index contributed by atoms with van der Waals surface area (Å²) >= 11 is 3.39. The summed E-state index contributed by atoms with van der Waals surface area (Å²) in [6.45, 7) is 4.03. The number of rotatable bonds is 4. The standard InChI is InChI=1S/C17H19BrN2O/c1-17(2,12-13-7-4-3-5-8-13)20-16(21)19-15-10-6-9-14(18)11-15/h3-11H,12H2,1-2H3,(H2,19,20,21). The second kappa shape index (κ2) is 6.76. The van der Waals surface area contributed by atoms with E-state index in [2.05, 4.69) is 38.7 Å². The van der Waals surface area contributed by atoms with Crippen LogP contribution in [0.5, 0.6) is 0 Å². The van der Waals surface area contributed by atoms with E-state index >= 15 is 0 Å². The molecule has 0 unspecified atom stereocenters. The SMILES string of the molecule is CC(C)(Cc1ccccc1)NC(=O)Nc1cccc(Br)c1. The maximum Gasteiger partial charge on any atom is 0.319 e. The van der Waals surface area contributed by atoms with Crippen LogP contribution in [-0.2, 0) is 6.42 Å². The monoisotopic (exact) mass is 346 g/mol.